The van der Waals surface area contributed by atoms with E-state index >= 15 is 0 Å². The van der Waals surface area contributed by atoms with E-state index in [0.717, 1.165) is 6.42 Å². The molecule has 0 aromatic rings. The van der Waals surface area contributed by atoms with Crippen LogP contribution in [-0.4, -0.2) is 11.8 Å². The zero-order chi connectivity index (χ0) is 12.8. The summed E-state index contributed by atoms with van der Waals surface area (Å²) in [7, 11) is 0. The molecule has 0 saturated carbocycles. The minimum atomic E-state index is 0.293. The first-order valence-corrected chi connectivity index (χ1v) is 7.35. The van der Waals surface area contributed by atoms with E-state index in [1.807, 2.05) is 0 Å². The lowest BCUT2D eigenvalue weighted by atomic mass is 10.1. The Balaban J connectivity index is 2.96. The number of hydrogen-bond donors (Lipinski definition) is 2. The average Bonchev–Trinajstić information content (AvgIpc) is 2.35. The third-order valence-electron chi connectivity index (χ3n) is 2.85. The maximum absolute atomic E-state index is 5.16. The van der Waals surface area contributed by atoms with Gasteiger partial charge in [0.05, 0.1) is 6.61 Å². The Morgan fingerprint density at radius 3 is 1.88 bits per heavy atom. The Bertz CT molecular complexity index is 177. The number of thiocarbonyl (C=S) groups is 1. The number of rotatable bonds is 11. The van der Waals surface area contributed by atoms with Gasteiger partial charge in [-0.3, -0.25) is 5.43 Å². The Morgan fingerprint density at radius 1 is 0.941 bits per heavy atom. The van der Waals surface area contributed by atoms with Crippen molar-refractivity contribution in [3.05, 3.63) is 0 Å². The molecule has 3 N–H and O–H groups in total. The van der Waals surface area contributed by atoms with Crippen LogP contribution in [0.3, 0.4) is 0 Å². The van der Waals surface area contributed by atoms with E-state index in [9.17, 15) is 0 Å². The lowest BCUT2D eigenvalue weighted by Crippen LogP contribution is -2.30. The van der Waals surface area contributed by atoms with Gasteiger partial charge in [0.15, 0.2) is 0 Å². The van der Waals surface area contributed by atoms with Gasteiger partial charge in [-0.1, -0.05) is 64.7 Å². The van der Waals surface area contributed by atoms with Crippen LogP contribution in [0.1, 0.15) is 71.1 Å². The van der Waals surface area contributed by atoms with Gasteiger partial charge in [0.25, 0.3) is 5.17 Å². The van der Waals surface area contributed by atoms with Crippen LogP contribution >= 0.6 is 12.2 Å². The molecule has 0 amide bonds. The standard InChI is InChI=1S/C13H28N2OS/c1-2-3-4-5-6-7-8-9-10-11-12-16-13(17)15-14/h2-12,14H2,1H3,(H,15,17). The molecule has 0 aliphatic carbocycles. The number of unbranched alkanes of at least 4 members (excludes halogenated alkanes) is 9. The number of hydrazine groups is 1. The fourth-order valence-corrected chi connectivity index (χ4v) is 1.88. The fourth-order valence-electron chi connectivity index (χ4n) is 1.80. The van der Waals surface area contributed by atoms with Gasteiger partial charge in [-0.2, -0.15) is 0 Å². The highest BCUT2D eigenvalue weighted by molar-refractivity contribution is 7.80. The van der Waals surface area contributed by atoms with Crippen LogP contribution < -0.4 is 11.3 Å². The van der Waals surface area contributed by atoms with Gasteiger partial charge in [0.2, 0.25) is 0 Å². The summed E-state index contributed by atoms with van der Waals surface area (Å²) >= 11 is 4.77. The molecule has 0 aromatic carbocycles. The maximum atomic E-state index is 5.16. The van der Waals surface area contributed by atoms with E-state index in [2.05, 4.69) is 12.3 Å². The molecule has 3 nitrogen and oxygen atoms in total. The Hall–Kier alpha value is -0.350. The molecule has 0 unspecified atom stereocenters. The predicted octanol–water partition coefficient (Wildman–Crippen LogP) is 3.67. The van der Waals surface area contributed by atoms with Crippen molar-refractivity contribution in [3.8, 4) is 0 Å². The van der Waals surface area contributed by atoms with Crippen molar-refractivity contribution in [2.45, 2.75) is 71.1 Å². The Kier molecular flexibility index (Phi) is 13.4. The van der Waals surface area contributed by atoms with Crippen LogP contribution in [0.5, 0.6) is 0 Å². The summed E-state index contributed by atoms with van der Waals surface area (Å²) in [6.07, 6.45) is 13.3. The first-order chi connectivity index (χ1) is 8.31. The van der Waals surface area contributed by atoms with Gasteiger partial charge in [0.1, 0.15) is 0 Å². The van der Waals surface area contributed by atoms with E-state index in [1.54, 1.807) is 0 Å². The van der Waals surface area contributed by atoms with Crippen LogP contribution in [0.4, 0.5) is 0 Å². The molecule has 0 radical (unpaired) electrons. The normalized spacial score (nSPS) is 10.2. The van der Waals surface area contributed by atoms with Gasteiger partial charge >= 0.3 is 0 Å². The average molecular weight is 260 g/mol. The minimum absolute atomic E-state index is 0.293. The van der Waals surface area contributed by atoms with Crippen molar-refractivity contribution in [1.82, 2.24) is 5.43 Å². The van der Waals surface area contributed by atoms with Gasteiger partial charge in [-0.25, -0.2) is 5.84 Å². The van der Waals surface area contributed by atoms with Gasteiger partial charge < -0.3 is 4.74 Å². The van der Waals surface area contributed by atoms with Gasteiger partial charge in [-0.05, 0) is 18.6 Å². The van der Waals surface area contributed by atoms with Crippen LogP contribution in [0.25, 0.3) is 0 Å². The molecule has 0 aliphatic heterocycles. The molecule has 0 rings (SSSR count). The molecule has 0 heterocycles. The largest absolute Gasteiger partial charge is 0.470 e. The van der Waals surface area contributed by atoms with Crippen molar-refractivity contribution >= 4 is 17.4 Å². The first kappa shape index (κ1) is 16.6. The summed E-state index contributed by atoms with van der Waals surface area (Å²) in [5.74, 6) is 5.09. The highest BCUT2D eigenvalue weighted by Crippen LogP contribution is 2.10. The first-order valence-electron chi connectivity index (χ1n) is 6.94. The number of nitrogens with two attached hydrogens (primary N) is 1. The SMILES string of the molecule is CCCCCCCCCCCCOC(=S)NN. The molecule has 0 atom stereocenters. The summed E-state index contributed by atoms with van der Waals surface area (Å²) in [4.78, 5) is 0. The molecular formula is C13H28N2OS. The summed E-state index contributed by atoms with van der Waals surface area (Å²) in [6.45, 7) is 2.94. The zero-order valence-corrected chi connectivity index (χ0v) is 12.0. The van der Waals surface area contributed by atoms with E-state index in [-0.39, 0.29) is 0 Å². The highest BCUT2D eigenvalue weighted by atomic mass is 32.1. The van der Waals surface area contributed by atoms with Crippen LogP contribution in [0.2, 0.25) is 0 Å². The number of nitrogens with one attached hydrogen (secondary N) is 1. The molecule has 17 heavy (non-hydrogen) atoms. The molecule has 4 heteroatoms. The molecular weight excluding hydrogens is 232 g/mol. The van der Waals surface area contributed by atoms with E-state index in [4.69, 9.17) is 22.8 Å². The van der Waals surface area contributed by atoms with Crippen molar-refractivity contribution in [2.24, 2.45) is 5.84 Å². The van der Waals surface area contributed by atoms with Crippen LogP contribution in [0.15, 0.2) is 0 Å². The number of ether oxygens (including phenoxy) is 1. The van der Waals surface area contributed by atoms with Crippen molar-refractivity contribution in [2.75, 3.05) is 6.61 Å². The number of hydrogen-bond acceptors (Lipinski definition) is 3. The second kappa shape index (κ2) is 13.7. The van der Waals surface area contributed by atoms with E-state index in [0.29, 0.717) is 11.8 Å². The lowest BCUT2D eigenvalue weighted by Gasteiger charge is -2.05. The monoisotopic (exact) mass is 260 g/mol. The third-order valence-corrected chi connectivity index (χ3v) is 3.08. The molecule has 0 fully saturated rings. The maximum Gasteiger partial charge on any atom is 0.271 e. The van der Waals surface area contributed by atoms with Crippen LogP contribution in [0, 0.1) is 0 Å². The third kappa shape index (κ3) is 13.6. The Labute approximate surface area is 111 Å². The van der Waals surface area contributed by atoms with E-state index in [1.165, 1.54) is 57.8 Å². The predicted molar refractivity (Wildman–Crippen MR) is 77.7 cm³/mol. The summed E-state index contributed by atoms with van der Waals surface area (Å²) in [6, 6.07) is 0. The minimum Gasteiger partial charge on any atom is -0.470 e. The second-order valence-corrected chi connectivity index (χ2v) is 4.83. The molecule has 0 bridgehead atoms. The lowest BCUT2D eigenvalue weighted by molar-refractivity contribution is 0.287. The summed E-state index contributed by atoms with van der Waals surface area (Å²) in [5.41, 5.74) is 2.31. The summed E-state index contributed by atoms with van der Waals surface area (Å²) < 4.78 is 5.16. The van der Waals surface area contributed by atoms with Crippen molar-refractivity contribution in [3.63, 3.8) is 0 Å². The molecule has 0 aliphatic rings. The summed E-state index contributed by atoms with van der Waals surface area (Å²) in [5, 5.41) is 0.293. The topological polar surface area (TPSA) is 47.3 Å². The van der Waals surface area contributed by atoms with Crippen molar-refractivity contribution < 1.29 is 4.74 Å². The fraction of sp³-hybridized carbons (Fsp3) is 0.923. The second-order valence-electron chi connectivity index (χ2n) is 4.46. The van der Waals surface area contributed by atoms with Gasteiger partial charge in [0, 0.05) is 0 Å². The van der Waals surface area contributed by atoms with E-state index < -0.39 is 0 Å². The molecule has 102 valence electrons. The smallest absolute Gasteiger partial charge is 0.271 e. The van der Waals surface area contributed by atoms with Gasteiger partial charge in [-0.15, -0.1) is 0 Å². The molecule has 0 saturated heterocycles. The quantitative estimate of drug-likeness (QED) is 0.257. The Morgan fingerprint density at radius 2 is 1.41 bits per heavy atom. The van der Waals surface area contributed by atoms with Crippen LogP contribution in [-0.2, 0) is 4.74 Å². The zero-order valence-electron chi connectivity index (χ0n) is 11.2. The highest BCUT2D eigenvalue weighted by Gasteiger charge is 1.94. The molecule has 0 spiro atoms. The molecule has 0 aromatic heterocycles. The van der Waals surface area contributed by atoms with Crippen molar-refractivity contribution in [1.29, 1.82) is 0 Å².